The number of hydrogen-bond acceptors (Lipinski definition) is 5. The van der Waals surface area contributed by atoms with E-state index in [4.69, 9.17) is 15.6 Å². The molecule has 0 radical (unpaired) electrons. The number of benzene rings is 1. The Morgan fingerprint density at radius 2 is 2.17 bits per heavy atom. The fraction of sp³-hybridized carbons (Fsp3) is 0.455. The van der Waals surface area contributed by atoms with E-state index in [1.807, 2.05) is 11.8 Å². The predicted molar refractivity (Wildman–Crippen MR) is 69.9 cm³/mol. The van der Waals surface area contributed by atoms with Gasteiger partial charge in [0, 0.05) is 13.1 Å². The highest BCUT2D eigenvalue weighted by molar-refractivity contribution is 7.89. The quantitative estimate of drug-likeness (QED) is 0.746. The van der Waals surface area contributed by atoms with Gasteiger partial charge >= 0.3 is 0 Å². The van der Waals surface area contributed by atoms with Crippen LogP contribution in [-0.2, 0) is 14.8 Å². The second-order valence-corrected chi connectivity index (χ2v) is 5.89. The number of nitrogens with zero attached hydrogens (tertiary/aromatic N) is 1. The van der Waals surface area contributed by atoms with Crippen LogP contribution in [0.25, 0.3) is 0 Å². The summed E-state index contributed by atoms with van der Waals surface area (Å²) in [6.07, 6.45) is 0.0938. The standard InChI is InChI=1S/C11H17N3O3S/c1-8-7-14(5-6-17-8)9-3-2-4-10(11(9)12)18(13,15)16/h2-4,8H,5-7,12H2,1H3,(H2,13,15,16). The van der Waals surface area contributed by atoms with Crippen LogP contribution in [0.2, 0.25) is 0 Å². The van der Waals surface area contributed by atoms with Crippen molar-refractivity contribution in [1.82, 2.24) is 0 Å². The van der Waals surface area contributed by atoms with Gasteiger partial charge in [0.2, 0.25) is 10.0 Å². The lowest BCUT2D eigenvalue weighted by atomic mass is 10.2. The average Bonchev–Trinajstić information content (AvgIpc) is 2.27. The molecule has 1 aromatic rings. The van der Waals surface area contributed by atoms with E-state index in [1.165, 1.54) is 6.07 Å². The van der Waals surface area contributed by atoms with Crippen LogP contribution in [0.1, 0.15) is 6.92 Å². The number of rotatable bonds is 2. The van der Waals surface area contributed by atoms with Crippen molar-refractivity contribution in [3.63, 3.8) is 0 Å². The first kappa shape index (κ1) is 13.1. The van der Waals surface area contributed by atoms with Crippen molar-refractivity contribution < 1.29 is 13.2 Å². The third-order valence-corrected chi connectivity index (χ3v) is 3.90. The average molecular weight is 271 g/mol. The van der Waals surface area contributed by atoms with Crippen molar-refractivity contribution >= 4 is 21.4 Å². The van der Waals surface area contributed by atoms with E-state index in [0.717, 1.165) is 0 Å². The van der Waals surface area contributed by atoms with Gasteiger partial charge in [0.05, 0.1) is 24.1 Å². The maximum Gasteiger partial charge on any atom is 0.240 e. The first-order valence-corrected chi connectivity index (χ1v) is 7.22. The summed E-state index contributed by atoms with van der Waals surface area (Å²) >= 11 is 0. The Labute approximate surface area is 107 Å². The number of nitrogens with two attached hydrogens (primary N) is 2. The molecular weight excluding hydrogens is 254 g/mol. The number of primary sulfonamides is 1. The summed E-state index contributed by atoms with van der Waals surface area (Å²) in [6, 6.07) is 4.85. The summed E-state index contributed by atoms with van der Waals surface area (Å²) in [5.74, 6) is 0. The molecule has 0 aromatic heterocycles. The molecule has 0 amide bonds. The molecule has 0 spiro atoms. The van der Waals surface area contributed by atoms with Gasteiger partial charge in [0.25, 0.3) is 0 Å². The molecular formula is C11H17N3O3S. The van der Waals surface area contributed by atoms with Crippen LogP contribution in [0.3, 0.4) is 0 Å². The second-order valence-electron chi connectivity index (χ2n) is 4.36. The fourth-order valence-electron chi connectivity index (χ4n) is 2.09. The van der Waals surface area contributed by atoms with Crippen LogP contribution in [-0.4, -0.2) is 34.2 Å². The minimum Gasteiger partial charge on any atom is -0.396 e. The largest absolute Gasteiger partial charge is 0.396 e. The number of hydrogen-bond donors (Lipinski definition) is 2. The van der Waals surface area contributed by atoms with Crippen molar-refractivity contribution in [3.8, 4) is 0 Å². The monoisotopic (exact) mass is 271 g/mol. The zero-order chi connectivity index (χ0) is 13.3. The van der Waals surface area contributed by atoms with Crippen molar-refractivity contribution in [3.05, 3.63) is 18.2 Å². The predicted octanol–water partition coefficient (Wildman–Crippen LogP) is 0.141. The zero-order valence-corrected chi connectivity index (χ0v) is 11.0. The normalized spacial score (nSPS) is 21.0. The highest BCUT2D eigenvalue weighted by atomic mass is 32.2. The lowest BCUT2D eigenvalue weighted by molar-refractivity contribution is 0.0532. The molecule has 7 heteroatoms. The van der Waals surface area contributed by atoms with Crippen LogP contribution in [0.4, 0.5) is 11.4 Å². The molecule has 1 heterocycles. The molecule has 1 unspecified atom stereocenters. The van der Waals surface area contributed by atoms with Crippen LogP contribution in [0.5, 0.6) is 0 Å². The molecule has 1 aliphatic heterocycles. The number of sulfonamides is 1. The SMILES string of the molecule is CC1CN(c2cccc(S(N)(=O)=O)c2N)CCO1. The van der Waals surface area contributed by atoms with Crippen LogP contribution in [0, 0.1) is 0 Å². The van der Waals surface area contributed by atoms with E-state index in [1.54, 1.807) is 12.1 Å². The Hall–Kier alpha value is -1.31. The van der Waals surface area contributed by atoms with Gasteiger partial charge in [-0.2, -0.15) is 0 Å². The van der Waals surface area contributed by atoms with Crippen molar-refractivity contribution in [2.45, 2.75) is 17.9 Å². The molecule has 0 bridgehead atoms. The number of morpholine rings is 1. The van der Waals surface area contributed by atoms with E-state index in [-0.39, 0.29) is 16.7 Å². The van der Waals surface area contributed by atoms with Crippen molar-refractivity contribution in [1.29, 1.82) is 0 Å². The molecule has 2 rings (SSSR count). The molecule has 4 N–H and O–H groups in total. The minimum absolute atomic E-state index is 0.0286. The van der Waals surface area contributed by atoms with E-state index in [0.29, 0.717) is 25.4 Å². The fourth-order valence-corrected chi connectivity index (χ4v) is 2.77. The third kappa shape index (κ3) is 2.58. The summed E-state index contributed by atoms with van der Waals surface area (Å²) in [6.45, 7) is 3.92. The van der Waals surface area contributed by atoms with E-state index < -0.39 is 10.0 Å². The first-order chi connectivity index (χ1) is 8.39. The molecule has 18 heavy (non-hydrogen) atoms. The van der Waals surface area contributed by atoms with Crippen molar-refractivity contribution in [2.24, 2.45) is 5.14 Å². The molecule has 6 nitrogen and oxygen atoms in total. The summed E-state index contributed by atoms with van der Waals surface area (Å²) in [5, 5.41) is 5.13. The summed E-state index contributed by atoms with van der Waals surface area (Å²) in [4.78, 5) is 1.98. The van der Waals surface area contributed by atoms with Gasteiger partial charge in [-0.25, -0.2) is 13.6 Å². The molecule has 1 aliphatic rings. The topological polar surface area (TPSA) is 98.7 Å². The maximum absolute atomic E-state index is 11.4. The van der Waals surface area contributed by atoms with Gasteiger partial charge in [-0.3, -0.25) is 0 Å². The summed E-state index contributed by atoms with van der Waals surface area (Å²) in [7, 11) is -3.79. The van der Waals surface area contributed by atoms with Gasteiger partial charge in [0.1, 0.15) is 4.90 Å². The third-order valence-electron chi connectivity index (χ3n) is 2.93. The minimum atomic E-state index is -3.79. The van der Waals surface area contributed by atoms with E-state index >= 15 is 0 Å². The molecule has 0 aliphatic carbocycles. The Kier molecular flexibility index (Phi) is 3.47. The van der Waals surface area contributed by atoms with Gasteiger partial charge in [-0.1, -0.05) is 6.07 Å². The lowest BCUT2D eigenvalue weighted by Gasteiger charge is -2.33. The van der Waals surface area contributed by atoms with Gasteiger partial charge in [-0.15, -0.1) is 0 Å². The van der Waals surface area contributed by atoms with Crippen LogP contribution < -0.4 is 15.8 Å². The maximum atomic E-state index is 11.4. The Morgan fingerprint density at radius 3 is 2.78 bits per heavy atom. The van der Waals surface area contributed by atoms with E-state index in [2.05, 4.69) is 0 Å². The van der Waals surface area contributed by atoms with E-state index in [9.17, 15) is 8.42 Å². The first-order valence-electron chi connectivity index (χ1n) is 5.67. The molecule has 1 saturated heterocycles. The Balaban J connectivity index is 2.40. The molecule has 1 fully saturated rings. The number of ether oxygens (including phenoxy) is 1. The highest BCUT2D eigenvalue weighted by Crippen LogP contribution is 2.30. The van der Waals surface area contributed by atoms with Crippen LogP contribution >= 0.6 is 0 Å². The molecule has 1 aromatic carbocycles. The van der Waals surface area contributed by atoms with Gasteiger partial charge < -0.3 is 15.4 Å². The number of anilines is 2. The highest BCUT2D eigenvalue weighted by Gasteiger charge is 2.22. The second kappa shape index (κ2) is 4.75. The number of nitrogen functional groups attached to an aromatic ring is 1. The number of para-hydroxylation sites is 1. The molecule has 100 valence electrons. The van der Waals surface area contributed by atoms with Gasteiger partial charge in [-0.05, 0) is 19.1 Å². The zero-order valence-electron chi connectivity index (χ0n) is 10.2. The van der Waals surface area contributed by atoms with Crippen LogP contribution in [0.15, 0.2) is 23.1 Å². The smallest absolute Gasteiger partial charge is 0.240 e. The Morgan fingerprint density at radius 1 is 1.44 bits per heavy atom. The summed E-state index contributed by atoms with van der Waals surface area (Å²) < 4.78 is 28.3. The van der Waals surface area contributed by atoms with Crippen molar-refractivity contribution in [2.75, 3.05) is 30.3 Å². The molecule has 0 saturated carbocycles. The molecule has 1 atom stereocenters. The Bertz CT molecular complexity index is 544. The summed E-state index contributed by atoms with van der Waals surface area (Å²) in [5.41, 5.74) is 6.80. The van der Waals surface area contributed by atoms with Gasteiger partial charge in [0.15, 0.2) is 0 Å². The lowest BCUT2D eigenvalue weighted by Crippen LogP contribution is -2.41.